The van der Waals surface area contributed by atoms with E-state index in [1.807, 2.05) is 47.5 Å². The molecule has 0 spiro atoms. The van der Waals surface area contributed by atoms with Crippen LogP contribution >= 0.6 is 0 Å². The molecule has 36 heavy (non-hydrogen) atoms. The Morgan fingerprint density at radius 1 is 0.861 bits per heavy atom. The highest BCUT2D eigenvalue weighted by Crippen LogP contribution is 2.40. The molecular formula is C26H29N5O5. The van der Waals surface area contributed by atoms with E-state index in [-0.39, 0.29) is 18.0 Å². The number of carbonyl (C=O) groups excluding carboxylic acids is 2. The third kappa shape index (κ3) is 5.78. The first kappa shape index (κ1) is 24.7. The van der Waals surface area contributed by atoms with E-state index >= 15 is 0 Å². The number of amides is 3. The van der Waals surface area contributed by atoms with Crippen molar-refractivity contribution < 1.29 is 23.8 Å². The standard InChI is InChI=1S/C26H29N5O5/c1-34-22-13-19(14-23(35-2)24(22)36-3)28-25(32)17-8-7-11-21(12-17)31-16-20(15-27-31)30-26(33)29-18-9-5-4-6-10-18/h4-14,20,27H,15-16H2,1-3H3,(H,28,32)(H2,29,30,33)/t20-/m1/s1. The van der Waals surface area contributed by atoms with E-state index in [4.69, 9.17) is 14.2 Å². The van der Waals surface area contributed by atoms with Crippen molar-refractivity contribution in [2.75, 3.05) is 50.1 Å². The molecule has 1 saturated heterocycles. The number of nitrogens with one attached hydrogen (secondary N) is 4. The first-order valence-corrected chi connectivity index (χ1v) is 11.4. The molecule has 1 fully saturated rings. The van der Waals surface area contributed by atoms with Crippen molar-refractivity contribution >= 4 is 29.0 Å². The van der Waals surface area contributed by atoms with Crippen molar-refractivity contribution in [1.82, 2.24) is 10.7 Å². The number of rotatable bonds is 8. The Bertz CT molecular complexity index is 1200. The number of benzene rings is 3. The summed E-state index contributed by atoms with van der Waals surface area (Å²) in [7, 11) is 4.55. The van der Waals surface area contributed by atoms with Crippen LogP contribution in [-0.4, -0.2) is 52.4 Å². The summed E-state index contributed by atoms with van der Waals surface area (Å²) in [4.78, 5) is 25.3. The predicted molar refractivity (Wildman–Crippen MR) is 138 cm³/mol. The Labute approximate surface area is 209 Å². The number of hydrazine groups is 1. The molecule has 1 heterocycles. The zero-order valence-electron chi connectivity index (χ0n) is 20.3. The van der Waals surface area contributed by atoms with Crippen molar-refractivity contribution in [3.8, 4) is 17.2 Å². The van der Waals surface area contributed by atoms with Crippen molar-refractivity contribution in [1.29, 1.82) is 0 Å². The monoisotopic (exact) mass is 491 g/mol. The lowest BCUT2D eigenvalue weighted by atomic mass is 10.1. The number of methoxy groups -OCH3 is 3. The van der Waals surface area contributed by atoms with Crippen molar-refractivity contribution in [2.45, 2.75) is 6.04 Å². The number of para-hydroxylation sites is 1. The fourth-order valence-corrected chi connectivity index (χ4v) is 3.91. The van der Waals surface area contributed by atoms with Gasteiger partial charge in [-0.1, -0.05) is 24.3 Å². The van der Waals surface area contributed by atoms with Gasteiger partial charge in [-0.3, -0.25) is 4.79 Å². The lowest BCUT2D eigenvalue weighted by Gasteiger charge is -2.19. The van der Waals surface area contributed by atoms with E-state index in [2.05, 4.69) is 21.4 Å². The molecule has 0 unspecified atom stereocenters. The van der Waals surface area contributed by atoms with Crippen LogP contribution in [0.3, 0.4) is 0 Å². The van der Waals surface area contributed by atoms with Crippen molar-refractivity contribution in [3.05, 3.63) is 72.3 Å². The Morgan fingerprint density at radius 2 is 1.58 bits per heavy atom. The number of carbonyl (C=O) groups is 2. The summed E-state index contributed by atoms with van der Waals surface area (Å²) in [5, 5.41) is 10.6. The van der Waals surface area contributed by atoms with Crippen molar-refractivity contribution in [3.63, 3.8) is 0 Å². The van der Waals surface area contributed by atoms with E-state index in [1.54, 1.807) is 24.3 Å². The summed E-state index contributed by atoms with van der Waals surface area (Å²) in [6, 6.07) is 19.4. The fourth-order valence-electron chi connectivity index (χ4n) is 3.91. The molecule has 4 N–H and O–H groups in total. The van der Waals surface area contributed by atoms with Crippen LogP contribution in [-0.2, 0) is 0 Å². The van der Waals surface area contributed by atoms with Gasteiger partial charge in [0, 0.05) is 35.6 Å². The van der Waals surface area contributed by atoms with E-state index in [1.165, 1.54) is 21.3 Å². The van der Waals surface area contributed by atoms with Crippen LogP contribution in [0.5, 0.6) is 17.2 Å². The second-order valence-electron chi connectivity index (χ2n) is 8.05. The number of hydrogen-bond acceptors (Lipinski definition) is 7. The lowest BCUT2D eigenvalue weighted by molar-refractivity contribution is 0.102. The van der Waals surface area contributed by atoms with Crippen LogP contribution in [0.25, 0.3) is 0 Å². The second kappa shape index (κ2) is 11.3. The molecule has 0 aromatic heterocycles. The molecule has 3 aromatic carbocycles. The lowest BCUT2D eigenvalue weighted by Crippen LogP contribution is -2.41. The molecule has 10 nitrogen and oxygen atoms in total. The van der Waals surface area contributed by atoms with Crippen LogP contribution < -0.4 is 40.6 Å². The molecular weight excluding hydrogens is 462 g/mol. The van der Waals surface area contributed by atoms with E-state index < -0.39 is 0 Å². The van der Waals surface area contributed by atoms with Gasteiger partial charge in [-0.05, 0) is 30.3 Å². The van der Waals surface area contributed by atoms with E-state index in [0.717, 1.165) is 11.4 Å². The minimum absolute atomic E-state index is 0.106. The average molecular weight is 492 g/mol. The first-order valence-electron chi connectivity index (χ1n) is 11.4. The topological polar surface area (TPSA) is 113 Å². The molecule has 1 aliphatic heterocycles. The molecule has 0 aliphatic carbocycles. The first-order chi connectivity index (χ1) is 17.5. The summed E-state index contributed by atoms with van der Waals surface area (Å²) < 4.78 is 16.0. The highest BCUT2D eigenvalue weighted by molar-refractivity contribution is 6.05. The molecule has 10 heteroatoms. The van der Waals surface area contributed by atoms with Gasteiger partial charge in [0.2, 0.25) is 5.75 Å². The van der Waals surface area contributed by atoms with Gasteiger partial charge in [-0.25, -0.2) is 10.2 Å². The van der Waals surface area contributed by atoms with Gasteiger partial charge in [0.15, 0.2) is 11.5 Å². The number of nitrogens with zero attached hydrogens (tertiary/aromatic N) is 1. The second-order valence-corrected chi connectivity index (χ2v) is 8.05. The Kier molecular flexibility index (Phi) is 7.76. The van der Waals surface area contributed by atoms with Crippen molar-refractivity contribution in [2.24, 2.45) is 0 Å². The van der Waals surface area contributed by atoms with Crippen LogP contribution in [0.2, 0.25) is 0 Å². The molecule has 1 atom stereocenters. The maximum Gasteiger partial charge on any atom is 0.319 e. The number of urea groups is 1. The van der Waals surface area contributed by atoms with Crippen LogP contribution in [0.1, 0.15) is 10.4 Å². The zero-order chi connectivity index (χ0) is 25.5. The number of hydrogen-bond donors (Lipinski definition) is 4. The summed E-state index contributed by atoms with van der Waals surface area (Å²) in [6.07, 6.45) is 0. The normalized spacial score (nSPS) is 14.6. The third-order valence-electron chi connectivity index (χ3n) is 5.64. The maximum absolute atomic E-state index is 13.0. The number of ether oxygens (including phenoxy) is 3. The molecule has 0 bridgehead atoms. The summed E-state index contributed by atoms with van der Waals surface area (Å²) in [5.74, 6) is 1.04. The molecule has 3 amide bonds. The van der Waals surface area contributed by atoms with E-state index in [9.17, 15) is 9.59 Å². The summed E-state index contributed by atoms with van der Waals surface area (Å²) >= 11 is 0. The summed E-state index contributed by atoms with van der Waals surface area (Å²) in [6.45, 7) is 1.10. The highest BCUT2D eigenvalue weighted by atomic mass is 16.5. The van der Waals surface area contributed by atoms with E-state index in [0.29, 0.717) is 41.6 Å². The van der Waals surface area contributed by atoms with Gasteiger partial charge in [-0.2, -0.15) is 0 Å². The molecule has 3 aromatic rings. The molecule has 1 aliphatic rings. The van der Waals surface area contributed by atoms with Gasteiger partial charge in [0.1, 0.15) is 0 Å². The van der Waals surface area contributed by atoms with Gasteiger partial charge < -0.3 is 35.2 Å². The van der Waals surface area contributed by atoms with Crippen LogP contribution in [0.4, 0.5) is 21.9 Å². The van der Waals surface area contributed by atoms with Gasteiger partial charge in [0.05, 0.1) is 39.6 Å². The minimum atomic E-state index is -0.290. The fraction of sp³-hybridized carbons (Fsp3) is 0.231. The van der Waals surface area contributed by atoms with Gasteiger partial charge in [0.25, 0.3) is 5.91 Å². The average Bonchev–Trinajstić information content (AvgIpc) is 3.37. The minimum Gasteiger partial charge on any atom is -0.493 e. The van der Waals surface area contributed by atoms with Crippen LogP contribution in [0, 0.1) is 0 Å². The van der Waals surface area contributed by atoms with Gasteiger partial charge >= 0.3 is 6.03 Å². The van der Waals surface area contributed by atoms with Crippen LogP contribution in [0.15, 0.2) is 66.7 Å². The highest BCUT2D eigenvalue weighted by Gasteiger charge is 2.24. The number of anilines is 3. The summed E-state index contributed by atoms with van der Waals surface area (Å²) in [5.41, 5.74) is 5.78. The molecule has 4 rings (SSSR count). The Morgan fingerprint density at radius 3 is 2.25 bits per heavy atom. The zero-order valence-corrected chi connectivity index (χ0v) is 20.3. The molecule has 0 radical (unpaired) electrons. The molecule has 0 saturated carbocycles. The molecule has 188 valence electrons. The predicted octanol–water partition coefficient (Wildman–Crippen LogP) is 3.48. The maximum atomic E-state index is 13.0. The Hall–Kier alpha value is -4.44. The van der Waals surface area contributed by atoms with Gasteiger partial charge in [-0.15, -0.1) is 0 Å². The smallest absolute Gasteiger partial charge is 0.319 e. The quantitative estimate of drug-likeness (QED) is 0.382. The largest absolute Gasteiger partial charge is 0.493 e. The SMILES string of the molecule is COc1cc(NC(=O)c2cccc(N3C[C@H](NC(=O)Nc4ccccc4)CN3)c2)cc(OC)c1OC. The Balaban J connectivity index is 1.39. The third-order valence-corrected chi connectivity index (χ3v) is 5.64.